The van der Waals surface area contributed by atoms with E-state index in [2.05, 4.69) is 34.8 Å². The maximum absolute atomic E-state index is 4.54. The molecule has 0 aromatic carbocycles. The molecule has 0 unspecified atom stereocenters. The summed E-state index contributed by atoms with van der Waals surface area (Å²) in [5.74, 6) is 0. The van der Waals surface area contributed by atoms with E-state index >= 15 is 0 Å². The molecule has 2 aromatic heterocycles. The number of nitrogens with zero attached hydrogens (tertiary/aromatic N) is 5. The van der Waals surface area contributed by atoms with Crippen molar-refractivity contribution < 1.29 is 0 Å². The molecule has 0 bridgehead atoms. The minimum Gasteiger partial charge on any atom is -0.294 e. The molecule has 0 aliphatic carbocycles. The number of aryl methyl sites for hydroxylation is 1. The molecule has 1 atom stereocenters. The highest BCUT2D eigenvalue weighted by molar-refractivity contribution is 5.16. The predicted octanol–water partition coefficient (Wildman–Crippen LogP) is 2.24. The van der Waals surface area contributed by atoms with Gasteiger partial charge in [0.05, 0.1) is 18.8 Å². The van der Waals surface area contributed by atoms with E-state index in [0.717, 1.165) is 31.9 Å². The molecule has 2 aromatic rings. The smallest absolute Gasteiger partial charge is 0.0638 e. The van der Waals surface area contributed by atoms with E-state index in [0.29, 0.717) is 6.04 Å². The minimum absolute atomic E-state index is 0.576. The summed E-state index contributed by atoms with van der Waals surface area (Å²) in [6.45, 7) is 9.76. The largest absolute Gasteiger partial charge is 0.294 e. The zero-order chi connectivity index (χ0) is 14.7. The Balaban J connectivity index is 1.67. The Kier molecular flexibility index (Phi) is 4.20. The van der Waals surface area contributed by atoms with Gasteiger partial charge in [-0.3, -0.25) is 14.3 Å². The molecular weight excluding hydrogens is 262 g/mol. The molecule has 5 heteroatoms. The molecule has 21 heavy (non-hydrogen) atoms. The van der Waals surface area contributed by atoms with Gasteiger partial charge in [0.2, 0.25) is 0 Å². The van der Waals surface area contributed by atoms with Crippen molar-refractivity contribution >= 4 is 0 Å². The van der Waals surface area contributed by atoms with Crippen molar-refractivity contribution in [3.63, 3.8) is 0 Å². The fraction of sp³-hybridized carbons (Fsp3) is 0.500. The Hall–Kier alpha value is -1.88. The first-order chi connectivity index (χ1) is 10.3. The number of rotatable bonds is 6. The highest BCUT2D eigenvalue weighted by Crippen LogP contribution is 2.22. The van der Waals surface area contributed by atoms with Gasteiger partial charge in [-0.1, -0.05) is 6.08 Å². The van der Waals surface area contributed by atoms with E-state index < -0.39 is 0 Å². The summed E-state index contributed by atoms with van der Waals surface area (Å²) in [6, 6.07) is 2.56. The summed E-state index contributed by atoms with van der Waals surface area (Å²) >= 11 is 0. The van der Waals surface area contributed by atoms with Gasteiger partial charge in [-0.15, -0.1) is 6.58 Å². The van der Waals surface area contributed by atoms with Crippen molar-refractivity contribution in [1.82, 2.24) is 24.5 Å². The lowest BCUT2D eigenvalue weighted by molar-refractivity contribution is 0.219. The first kappa shape index (κ1) is 14.1. The third-order valence-electron chi connectivity index (χ3n) is 4.19. The Morgan fingerprint density at radius 1 is 1.43 bits per heavy atom. The van der Waals surface area contributed by atoms with Crippen LogP contribution in [0.25, 0.3) is 0 Å². The first-order valence-corrected chi connectivity index (χ1v) is 7.61. The summed E-state index contributed by atoms with van der Waals surface area (Å²) in [6.07, 6.45) is 10.4. The van der Waals surface area contributed by atoms with E-state index in [9.17, 15) is 0 Å². The fourth-order valence-corrected chi connectivity index (χ4v) is 3.09. The predicted molar refractivity (Wildman–Crippen MR) is 82.8 cm³/mol. The van der Waals surface area contributed by atoms with Crippen molar-refractivity contribution in [3.8, 4) is 0 Å². The van der Waals surface area contributed by atoms with Gasteiger partial charge >= 0.3 is 0 Å². The SMILES string of the molecule is C=CCn1cc(CN2CCC[C@H]2Cn2cccn2)c(C)n1. The van der Waals surface area contributed by atoms with Crippen LogP contribution in [0.3, 0.4) is 0 Å². The third kappa shape index (κ3) is 3.24. The lowest BCUT2D eigenvalue weighted by Crippen LogP contribution is -2.32. The Bertz CT molecular complexity index is 584. The van der Waals surface area contributed by atoms with Crippen LogP contribution in [0.2, 0.25) is 0 Å². The van der Waals surface area contributed by atoms with Crippen LogP contribution in [0.15, 0.2) is 37.3 Å². The van der Waals surface area contributed by atoms with Gasteiger partial charge in [0.25, 0.3) is 0 Å². The van der Waals surface area contributed by atoms with E-state index in [4.69, 9.17) is 0 Å². The van der Waals surface area contributed by atoms with E-state index in [1.807, 2.05) is 33.9 Å². The molecule has 1 fully saturated rings. The normalized spacial score (nSPS) is 19.2. The zero-order valence-corrected chi connectivity index (χ0v) is 12.6. The molecule has 1 saturated heterocycles. The van der Waals surface area contributed by atoms with Gasteiger partial charge in [0, 0.05) is 36.7 Å². The molecule has 0 radical (unpaired) electrons. The number of aromatic nitrogens is 4. The maximum atomic E-state index is 4.54. The summed E-state index contributed by atoms with van der Waals surface area (Å²) in [7, 11) is 0. The molecule has 0 amide bonds. The van der Waals surface area contributed by atoms with Crippen LogP contribution >= 0.6 is 0 Å². The van der Waals surface area contributed by atoms with Gasteiger partial charge in [0.15, 0.2) is 0 Å². The minimum atomic E-state index is 0.576. The van der Waals surface area contributed by atoms with Crippen molar-refractivity contribution in [2.24, 2.45) is 0 Å². The van der Waals surface area contributed by atoms with E-state index in [-0.39, 0.29) is 0 Å². The summed E-state index contributed by atoms with van der Waals surface area (Å²) < 4.78 is 4.01. The summed E-state index contributed by atoms with van der Waals surface area (Å²) in [4.78, 5) is 2.56. The molecule has 3 heterocycles. The van der Waals surface area contributed by atoms with Crippen molar-refractivity contribution in [3.05, 3.63) is 48.6 Å². The van der Waals surface area contributed by atoms with Crippen LogP contribution in [-0.2, 0) is 19.6 Å². The van der Waals surface area contributed by atoms with Gasteiger partial charge in [-0.25, -0.2) is 0 Å². The van der Waals surface area contributed by atoms with Crippen LogP contribution in [0.5, 0.6) is 0 Å². The third-order valence-corrected chi connectivity index (χ3v) is 4.19. The second kappa shape index (κ2) is 6.26. The average Bonchev–Trinajstić information content (AvgIpc) is 3.16. The molecule has 112 valence electrons. The number of hydrogen-bond donors (Lipinski definition) is 0. The molecule has 1 aliphatic heterocycles. The van der Waals surface area contributed by atoms with Crippen LogP contribution in [0.4, 0.5) is 0 Å². The quantitative estimate of drug-likeness (QED) is 0.764. The number of allylic oxidation sites excluding steroid dienone is 1. The Morgan fingerprint density at radius 3 is 3.10 bits per heavy atom. The van der Waals surface area contributed by atoms with Gasteiger partial charge in [-0.05, 0) is 32.4 Å². The molecule has 0 saturated carbocycles. The van der Waals surface area contributed by atoms with Crippen molar-refractivity contribution in [2.45, 2.75) is 45.4 Å². The molecule has 3 rings (SSSR count). The highest BCUT2D eigenvalue weighted by atomic mass is 15.3. The van der Waals surface area contributed by atoms with Gasteiger partial charge in [0.1, 0.15) is 0 Å². The second-order valence-electron chi connectivity index (χ2n) is 5.75. The molecule has 1 aliphatic rings. The first-order valence-electron chi connectivity index (χ1n) is 7.61. The Morgan fingerprint density at radius 2 is 2.33 bits per heavy atom. The standard InChI is InChI=1S/C16H23N5/c1-3-8-21-12-15(14(2)18-21)11-19-9-4-6-16(19)13-20-10-5-7-17-20/h3,5,7,10,12,16H,1,4,6,8-9,11,13H2,2H3/t16-/m0/s1. The van der Waals surface area contributed by atoms with Crippen molar-refractivity contribution in [1.29, 1.82) is 0 Å². The monoisotopic (exact) mass is 285 g/mol. The Labute approximate surface area is 125 Å². The number of hydrogen-bond acceptors (Lipinski definition) is 3. The molecule has 0 N–H and O–H groups in total. The highest BCUT2D eigenvalue weighted by Gasteiger charge is 2.25. The molecule has 0 spiro atoms. The molecular formula is C16H23N5. The molecule has 5 nitrogen and oxygen atoms in total. The van der Waals surface area contributed by atoms with Crippen LogP contribution in [-0.4, -0.2) is 37.0 Å². The summed E-state index contributed by atoms with van der Waals surface area (Å²) in [5, 5.41) is 8.87. The average molecular weight is 285 g/mol. The van der Waals surface area contributed by atoms with Gasteiger partial charge < -0.3 is 0 Å². The maximum Gasteiger partial charge on any atom is 0.0638 e. The van der Waals surface area contributed by atoms with Crippen molar-refractivity contribution in [2.75, 3.05) is 6.54 Å². The van der Waals surface area contributed by atoms with E-state index in [1.54, 1.807) is 0 Å². The van der Waals surface area contributed by atoms with Gasteiger partial charge in [-0.2, -0.15) is 10.2 Å². The summed E-state index contributed by atoms with van der Waals surface area (Å²) in [5.41, 5.74) is 2.45. The van der Waals surface area contributed by atoms with Crippen LogP contribution in [0.1, 0.15) is 24.1 Å². The fourth-order valence-electron chi connectivity index (χ4n) is 3.09. The topological polar surface area (TPSA) is 38.9 Å². The lowest BCUT2D eigenvalue weighted by atomic mass is 10.2. The van der Waals surface area contributed by atoms with Crippen LogP contribution < -0.4 is 0 Å². The van der Waals surface area contributed by atoms with Crippen LogP contribution in [0, 0.1) is 6.92 Å². The number of likely N-dealkylation sites (tertiary alicyclic amines) is 1. The second-order valence-corrected chi connectivity index (χ2v) is 5.75. The zero-order valence-electron chi connectivity index (χ0n) is 12.6. The van der Waals surface area contributed by atoms with E-state index in [1.165, 1.54) is 18.4 Å². The lowest BCUT2D eigenvalue weighted by Gasteiger charge is -2.24.